The normalized spacial score (nSPS) is 18.8. The zero-order valence-electron chi connectivity index (χ0n) is 17.6. The van der Waals surface area contributed by atoms with E-state index in [0.717, 1.165) is 17.4 Å². The number of carbonyl (C=O) groups is 2. The minimum absolute atomic E-state index is 0.188. The summed E-state index contributed by atoms with van der Waals surface area (Å²) in [5.74, 6) is -1.55. The van der Waals surface area contributed by atoms with Crippen molar-refractivity contribution in [1.82, 2.24) is 0 Å². The maximum Gasteiger partial charge on any atom is 0.317 e. The fraction of sp³-hybridized carbons (Fsp3) is 0.304. The van der Waals surface area contributed by atoms with Crippen molar-refractivity contribution < 1.29 is 27.5 Å². The Bertz CT molecular complexity index is 1110. The van der Waals surface area contributed by atoms with Crippen LogP contribution in [0.4, 0.5) is 5.69 Å². The van der Waals surface area contributed by atoms with Gasteiger partial charge in [-0.05, 0) is 60.4 Å². The molecule has 1 aliphatic carbocycles. The van der Waals surface area contributed by atoms with Crippen LogP contribution in [-0.2, 0) is 24.3 Å². The molecule has 0 unspecified atom stereocenters. The molecule has 0 bridgehead atoms. The lowest BCUT2D eigenvalue weighted by Crippen LogP contribution is -2.34. The van der Waals surface area contributed by atoms with Gasteiger partial charge in [0.15, 0.2) is 5.78 Å². The summed E-state index contributed by atoms with van der Waals surface area (Å²) in [6.07, 6.45) is 2.96. The Morgan fingerprint density at radius 3 is 2.48 bits per heavy atom. The van der Waals surface area contributed by atoms with Gasteiger partial charge >= 0.3 is 5.97 Å². The van der Waals surface area contributed by atoms with Crippen LogP contribution in [0.1, 0.15) is 30.4 Å². The van der Waals surface area contributed by atoms with Gasteiger partial charge < -0.3 is 9.47 Å². The topological polar surface area (TPSA) is 98.8 Å². The fourth-order valence-electron chi connectivity index (χ4n) is 3.75. The number of methoxy groups -OCH3 is 1. The lowest BCUT2D eigenvalue weighted by atomic mass is 9.73. The van der Waals surface area contributed by atoms with E-state index in [2.05, 4.69) is 4.72 Å². The standard InChI is InChI=1S/C23H25NO6S/c1-4-30-23(26)22-20(15-8-10-19(29-2)11-9-15)13-17(14-21(22)25)16-6-5-7-18(12-16)24-31(3,27)28/h5-12,14,20,22,24H,4,13H2,1-3H3/t20-,22-/m0/s1. The van der Waals surface area contributed by atoms with Crippen molar-refractivity contribution in [3.63, 3.8) is 0 Å². The number of sulfonamides is 1. The molecule has 0 saturated carbocycles. The first-order valence-electron chi connectivity index (χ1n) is 9.85. The Kier molecular flexibility index (Phi) is 6.80. The van der Waals surface area contributed by atoms with Crippen molar-refractivity contribution in [2.24, 2.45) is 5.92 Å². The lowest BCUT2D eigenvalue weighted by Gasteiger charge is -2.29. The highest BCUT2D eigenvalue weighted by atomic mass is 32.2. The molecule has 2 atom stereocenters. The Morgan fingerprint density at radius 2 is 1.87 bits per heavy atom. The van der Waals surface area contributed by atoms with Crippen LogP contribution in [0.5, 0.6) is 5.75 Å². The molecular weight excluding hydrogens is 418 g/mol. The Labute approximate surface area is 182 Å². The maximum absolute atomic E-state index is 13.0. The Hall–Kier alpha value is -3.13. The van der Waals surface area contributed by atoms with Crippen LogP contribution in [0.25, 0.3) is 5.57 Å². The molecule has 0 fully saturated rings. The highest BCUT2D eigenvalue weighted by Crippen LogP contribution is 2.41. The van der Waals surface area contributed by atoms with E-state index < -0.39 is 27.8 Å². The molecule has 8 heteroatoms. The second-order valence-corrected chi connectivity index (χ2v) is 9.09. The predicted octanol–water partition coefficient (Wildman–Crippen LogP) is 3.39. The van der Waals surface area contributed by atoms with Crippen LogP contribution < -0.4 is 9.46 Å². The van der Waals surface area contributed by atoms with Gasteiger partial charge in [-0.3, -0.25) is 14.3 Å². The number of rotatable bonds is 7. The summed E-state index contributed by atoms with van der Waals surface area (Å²) in [4.78, 5) is 25.6. The molecule has 3 rings (SSSR count). The maximum atomic E-state index is 13.0. The second-order valence-electron chi connectivity index (χ2n) is 7.34. The first-order valence-corrected chi connectivity index (χ1v) is 11.7. The van der Waals surface area contributed by atoms with Crippen molar-refractivity contribution >= 4 is 33.0 Å². The molecule has 0 amide bonds. The van der Waals surface area contributed by atoms with Gasteiger partial charge in [0.2, 0.25) is 10.0 Å². The summed E-state index contributed by atoms with van der Waals surface area (Å²) in [6.45, 7) is 1.89. The highest BCUT2D eigenvalue weighted by molar-refractivity contribution is 7.92. The van der Waals surface area contributed by atoms with E-state index in [1.807, 2.05) is 18.2 Å². The van der Waals surface area contributed by atoms with Crippen molar-refractivity contribution in [3.8, 4) is 5.75 Å². The smallest absolute Gasteiger partial charge is 0.317 e. The molecule has 2 aromatic carbocycles. The van der Waals surface area contributed by atoms with Gasteiger partial charge in [-0.2, -0.15) is 0 Å². The minimum atomic E-state index is -3.43. The lowest BCUT2D eigenvalue weighted by molar-refractivity contribution is -0.151. The van der Waals surface area contributed by atoms with E-state index in [0.29, 0.717) is 23.4 Å². The van der Waals surface area contributed by atoms with Crippen molar-refractivity contribution in [2.45, 2.75) is 19.3 Å². The molecule has 0 spiro atoms. The summed E-state index contributed by atoms with van der Waals surface area (Å²) in [6, 6.07) is 14.1. The number of allylic oxidation sites excluding steroid dienone is 2. The van der Waals surface area contributed by atoms with E-state index in [-0.39, 0.29) is 12.4 Å². The number of hydrogen-bond donors (Lipinski definition) is 1. The summed E-state index contributed by atoms with van der Waals surface area (Å²) < 4.78 is 36.0. The number of nitrogens with one attached hydrogen (secondary N) is 1. The fourth-order valence-corrected chi connectivity index (χ4v) is 4.30. The van der Waals surface area contributed by atoms with Gasteiger partial charge in [0.25, 0.3) is 0 Å². The largest absolute Gasteiger partial charge is 0.497 e. The zero-order chi connectivity index (χ0) is 22.6. The average molecular weight is 444 g/mol. The van der Waals surface area contributed by atoms with E-state index >= 15 is 0 Å². The number of hydrogen-bond acceptors (Lipinski definition) is 6. The zero-order valence-corrected chi connectivity index (χ0v) is 18.4. The van der Waals surface area contributed by atoms with E-state index in [1.165, 1.54) is 6.08 Å². The molecule has 164 valence electrons. The van der Waals surface area contributed by atoms with Crippen molar-refractivity contribution in [3.05, 3.63) is 65.7 Å². The number of esters is 1. The molecule has 31 heavy (non-hydrogen) atoms. The predicted molar refractivity (Wildman–Crippen MR) is 118 cm³/mol. The Morgan fingerprint density at radius 1 is 1.16 bits per heavy atom. The first kappa shape index (κ1) is 22.6. The molecule has 2 aromatic rings. The van der Waals surface area contributed by atoms with Gasteiger partial charge in [-0.1, -0.05) is 24.3 Å². The van der Waals surface area contributed by atoms with Crippen molar-refractivity contribution in [2.75, 3.05) is 24.7 Å². The third-order valence-electron chi connectivity index (χ3n) is 5.09. The number of anilines is 1. The number of ketones is 1. The summed E-state index contributed by atoms with van der Waals surface area (Å²) in [7, 11) is -1.86. The number of benzene rings is 2. The summed E-state index contributed by atoms with van der Waals surface area (Å²) >= 11 is 0. The molecule has 0 heterocycles. The summed E-state index contributed by atoms with van der Waals surface area (Å²) in [5, 5.41) is 0. The minimum Gasteiger partial charge on any atom is -0.497 e. The van der Waals surface area contributed by atoms with E-state index in [4.69, 9.17) is 9.47 Å². The molecule has 0 aliphatic heterocycles. The second kappa shape index (κ2) is 9.34. The number of carbonyl (C=O) groups excluding carboxylic acids is 2. The van der Waals surface area contributed by atoms with Gasteiger partial charge in [0.05, 0.1) is 20.0 Å². The molecule has 1 aliphatic rings. The molecule has 7 nitrogen and oxygen atoms in total. The van der Waals surface area contributed by atoms with Crippen LogP contribution >= 0.6 is 0 Å². The van der Waals surface area contributed by atoms with Crippen LogP contribution in [0, 0.1) is 5.92 Å². The van der Waals surface area contributed by atoms with Gasteiger partial charge in [0, 0.05) is 11.6 Å². The third kappa shape index (κ3) is 5.52. The van der Waals surface area contributed by atoms with Gasteiger partial charge in [-0.15, -0.1) is 0 Å². The van der Waals surface area contributed by atoms with Crippen LogP contribution in [0.15, 0.2) is 54.6 Å². The van der Waals surface area contributed by atoms with Crippen LogP contribution in [0.2, 0.25) is 0 Å². The molecule has 0 saturated heterocycles. The SMILES string of the molecule is CCOC(=O)[C@@H]1C(=O)C=C(c2cccc(NS(C)(=O)=O)c2)C[C@H]1c1ccc(OC)cc1. The monoisotopic (exact) mass is 443 g/mol. The summed E-state index contributed by atoms with van der Waals surface area (Å²) in [5.41, 5.74) is 2.66. The molecular formula is C23H25NO6S. The quantitative estimate of drug-likeness (QED) is 0.520. The molecule has 0 radical (unpaired) electrons. The van der Waals surface area contributed by atoms with Crippen LogP contribution in [-0.4, -0.2) is 40.1 Å². The van der Waals surface area contributed by atoms with Gasteiger partial charge in [-0.25, -0.2) is 8.42 Å². The first-order chi connectivity index (χ1) is 14.7. The number of ether oxygens (including phenoxy) is 2. The van der Waals surface area contributed by atoms with E-state index in [9.17, 15) is 18.0 Å². The average Bonchev–Trinajstić information content (AvgIpc) is 2.72. The third-order valence-corrected chi connectivity index (χ3v) is 5.69. The van der Waals surface area contributed by atoms with Gasteiger partial charge in [0.1, 0.15) is 11.7 Å². The van der Waals surface area contributed by atoms with Crippen LogP contribution in [0.3, 0.4) is 0 Å². The van der Waals surface area contributed by atoms with E-state index in [1.54, 1.807) is 44.4 Å². The molecule has 1 N–H and O–H groups in total. The Balaban J connectivity index is 2.00. The van der Waals surface area contributed by atoms with Crippen molar-refractivity contribution in [1.29, 1.82) is 0 Å². The molecule has 0 aromatic heterocycles. The highest BCUT2D eigenvalue weighted by Gasteiger charge is 2.39.